The van der Waals surface area contributed by atoms with E-state index in [2.05, 4.69) is 44.2 Å². The van der Waals surface area contributed by atoms with Gasteiger partial charge < -0.3 is 20.8 Å². The lowest BCUT2D eigenvalue weighted by Gasteiger charge is -2.16. The van der Waals surface area contributed by atoms with Gasteiger partial charge in [0, 0.05) is 36.4 Å². The Labute approximate surface area is 185 Å². The molecule has 0 spiro atoms. The predicted molar refractivity (Wildman–Crippen MR) is 123 cm³/mol. The number of fused-ring (bicyclic) bond motifs is 1. The first-order chi connectivity index (χ1) is 15.1. The lowest BCUT2D eigenvalue weighted by atomic mass is 10.1. The fourth-order valence-electron chi connectivity index (χ4n) is 3.04. The van der Waals surface area contributed by atoms with Gasteiger partial charge in [-0.1, -0.05) is 19.0 Å². The summed E-state index contributed by atoms with van der Waals surface area (Å²) < 4.78 is 0. The summed E-state index contributed by atoms with van der Waals surface area (Å²) in [5.74, 6) is -0.0513. The first-order valence-corrected chi connectivity index (χ1v) is 11.1. The second-order valence-corrected chi connectivity index (χ2v) is 7.69. The third-order valence-corrected chi connectivity index (χ3v) is 5.73. The van der Waals surface area contributed by atoms with Crippen LogP contribution < -0.4 is 11.1 Å². The van der Waals surface area contributed by atoms with Gasteiger partial charge in [0.25, 0.3) is 5.91 Å². The average Bonchev–Trinajstić information content (AvgIpc) is 3.21. The Hall–Kier alpha value is -3.11. The van der Waals surface area contributed by atoms with Gasteiger partial charge in [0.2, 0.25) is 5.95 Å². The number of rotatable bonds is 10. The number of oxime groups is 1. The number of pyridine rings is 1. The summed E-state index contributed by atoms with van der Waals surface area (Å²) in [6, 6.07) is 5.42. The standard InChI is InChI=1S/C21H27N7O2S/c1-4-24-19(29)16-13-15-18(25-21(22)26-20(15)31-16)17(14-7-9-23-10-8-14)27-30-12-11-28(5-2)6-3/h7-10,13H,4-6,11-12H2,1-3H3,(H,24,29)(H2,22,25,26)/b27-17-. The molecule has 3 N–H and O–H groups in total. The number of anilines is 1. The average molecular weight is 442 g/mol. The van der Waals surface area contributed by atoms with Gasteiger partial charge in [-0.05, 0) is 38.2 Å². The van der Waals surface area contributed by atoms with Gasteiger partial charge in [-0.2, -0.15) is 0 Å². The molecule has 31 heavy (non-hydrogen) atoms. The highest BCUT2D eigenvalue weighted by atomic mass is 32.1. The van der Waals surface area contributed by atoms with Crippen molar-refractivity contribution >= 4 is 39.1 Å². The molecule has 0 aliphatic rings. The minimum atomic E-state index is -0.159. The number of carbonyl (C=O) groups excluding carboxylic acids is 1. The van der Waals surface area contributed by atoms with Crippen LogP contribution in [-0.4, -0.2) is 64.3 Å². The number of thiophene rings is 1. The zero-order chi connectivity index (χ0) is 22.2. The highest BCUT2D eigenvalue weighted by molar-refractivity contribution is 7.20. The van der Waals surface area contributed by atoms with Crippen LogP contribution in [0.4, 0.5) is 5.95 Å². The smallest absolute Gasteiger partial charge is 0.261 e. The van der Waals surface area contributed by atoms with E-state index in [1.807, 2.05) is 19.1 Å². The van der Waals surface area contributed by atoms with Crippen molar-refractivity contribution in [2.24, 2.45) is 5.16 Å². The third-order valence-electron chi connectivity index (χ3n) is 4.70. The number of nitrogens with one attached hydrogen (secondary N) is 1. The highest BCUT2D eigenvalue weighted by Crippen LogP contribution is 2.28. The molecule has 0 bridgehead atoms. The number of likely N-dealkylation sites (N-methyl/N-ethyl adjacent to an activating group) is 1. The van der Waals surface area contributed by atoms with E-state index in [4.69, 9.17) is 10.6 Å². The molecule has 3 aromatic rings. The zero-order valence-electron chi connectivity index (χ0n) is 18.0. The van der Waals surface area contributed by atoms with Crippen LogP contribution in [0.3, 0.4) is 0 Å². The number of carbonyl (C=O) groups is 1. The van der Waals surface area contributed by atoms with Gasteiger partial charge in [0.05, 0.1) is 4.88 Å². The van der Waals surface area contributed by atoms with Crippen molar-refractivity contribution in [1.82, 2.24) is 25.2 Å². The van der Waals surface area contributed by atoms with Gasteiger partial charge in [-0.25, -0.2) is 9.97 Å². The Morgan fingerprint density at radius 3 is 2.65 bits per heavy atom. The van der Waals surface area contributed by atoms with Gasteiger partial charge >= 0.3 is 0 Å². The van der Waals surface area contributed by atoms with Crippen molar-refractivity contribution < 1.29 is 9.63 Å². The van der Waals surface area contributed by atoms with Gasteiger partial charge in [0.15, 0.2) is 0 Å². The second-order valence-electron chi connectivity index (χ2n) is 6.66. The Kier molecular flexibility index (Phi) is 7.85. The minimum absolute atomic E-state index is 0.108. The van der Waals surface area contributed by atoms with Crippen molar-refractivity contribution in [2.75, 3.05) is 38.5 Å². The van der Waals surface area contributed by atoms with Crippen molar-refractivity contribution in [3.05, 3.63) is 46.7 Å². The Morgan fingerprint density at radius 1 is 1.23 bits per heavy atom. The largest absolute Gasteiger partial charge is 0.394 e. The van der Waals surface area contributed by atoms with Crippen molar-refractivity contribution in [1.29, 1.82) is 0 Å². The highest BCUT2D eigenvalue weighted by Gasteiger charge is 2.20. The number of amides is 1. The molecule has 10 heteroatoms. The molecule has 0 saturated heterocycles. The summed E-state index contributed by atoms with van der Waals surface area (Å²) in [5, 5.41) is 7.91. The fraction of sp³-hybridized carbons (Fsp3) is 0.381. The maximum absolute atomic E-state index is 12.3. The van der Waals surface area contributed by atoms with E-state index in [1.54, 1.807) is 18.5 Å². The second kappa shape index (κ2) is 10.8. The first-order valence-electron chi connectivity index (χ1n) is 10.3. The molecule has 0 aliphatic heterocycles. The summed E-state index contributed by atoms with van der Waals surface area (Å²) in [6.07, 6.45) is 3.35. The zero-order valence-corrected chi connectivity index (χ0v) is 18.8. The maximum atomic E-state index is 12.3. The molecule has 0 aliphatic carbocycles. The predicted octanol–water partition coefficient (Wildman–Crippen LogP) is 2.53. The van der Waals surface area contributed by atoms with Gasteiger partial charge in [-0.3, -0.25) is 9.78 Å². The monoisotopic (exact) mass is 441 g/mol. The summed E-state index contributed by atoms with van der Waals surface area (Å²) in [7, 11) is 0. The Bertz CT molecular complexity index is 1050. The molecule has 3 heterocycles. The van der Waals surface area contributed by atoms with Crippen LogP contribution in [0.15, 0.2) is 35.7 Å². The quantitative estimate of drug-likeness (QED) is 0.282. The number of hydrogen-bond acceptors (Lipinski definition) is 9. The van der Waals surface area contributed by atoms with Crippen LogP contribution in [0.5, 0.6) is 0 Å². The van der Waals surface area contributed by atoms with Crippen molar-refractivity contribution in [3.63, 3.8) is 0 Å². The van der Waals surface area contributed by atoms with Gasteiger partial charge in [-0.15, -0.1) is 11.3 Å². The Balaban J connectivity index is 2.02. The van der Waals surface area contributed by atoms with Crippen LogP contribution in [0.1, 0.15) is 41.7 Å². The topological polar surface area (TPSA) is 119 Å². The number of aromatic nitrogens is 3. The van der Waals surface area contributed by atoms with E-state index in [0.717, 1.165) is 25.2 Å². The molecule has 0 fully saturated rings. The molecule has 0 saturated carbocycles. The SMILES string of the molecule is CCNC(=O)c1cc2c(/C(=N\OCCN(CC)CC)c3ccncc3)nc(N)nc2s1. The molecule has 0 radical (unpaired) electrons. The maximum Gasteiger partial charge on any atom is 0.261 e. The van der Waals surface area contributed by atoms with Crippen molar-refractivity contribution in [3.8, 4) is 0 Å². The minimum Gasteiger partial charge on any atom is -0.394 e. The number of nitrogen functional groups attached to an aromatic ring is 1. The Morgan fingerprint density at radius 2 is 1.97 bits per heavy atom. The first kappa shape index (κ1) is 22.6. The van der Waals surface area contributed by atoms with Crippen LogP contribution in [-0.2, 0) is 4.84 Å². The molecule has 0 unspecified atom stereocenters. The summed E-state index contributed by atoms with van der Waals surface area (Å²) >= 11 is 1.27. The molecule has 1 amide bonds. The molecule has 0 atom stereocenters. The van der Waals surface area contributed by atoms with Crippen LogP contribution in [0.2, 0.25) is 0 Å². The summed E-state index contributed by atoms with van der Waals surface area (Å²) in [6.45, 7) is 9.73. The third kappa shape index (κ3) is 5.53. The molecular formula is C21H27N7O2S. The molecule has 3 rings (SSSR count). The van der Waals surface area contributed by atoms with E-state index in [-0.39, 0.29) is 11.9 Å². The molecule has 164 valence electrons. The van der Waals surface area contributed by atoms with Crippen molar-refractivity contribution in [2.45, 2.75) is 20.8 Å². The fourth-order valence-corrected chi connectivity index (χ4v) is 4.00. The molecular weight excluding hydrogens is 414 g/mol. The molecule has 0 aromatic carbocycles. The number of nitrogens with two attached hydrogens (primary N) is 1. The van der Waals surface area contributed by atoms with Crippen LogP contribution >= 0.6 is 11.3 Å². The lowest BCUT2D eigenvalue weighted by molar-refractivity contribution is 0.0960. The van der Waals surface area contributed by atoms with E-state index in [1.165, 1.54) is 11.3 Å². The summed E-state index contributed by atoms with van der Waals surface area (Å²) in [5.41, 5.74) is 7.80. The normalized spacial score (nSPS) is 11.8. The van der Waals surface area contributed by atoms with E-state index >= 15 is 0 Å². The van der Waals surface area contributed by atoms with E-state index in [0.29, 0.717) is 39.7 Å². The lowest BCUT2D eigenvalue weighted by Crippen LogP contribution is -2.26. The van der Waals surface area contributed by atoms with Crippen LogP contribution in [0.25, 0.3) is 10.2 Å². The summed E-state index contributed by atoms with van der Waals surface area (Å²) in [4.78, 5) is 34.2. The van der Waals surface area contributed by atoms with E-state index < -0.39 is 0 Å². The van der Waals surface area contributed by atoms with E-state index in [9.17, 15) is 4.79 Å². The van der Waals surface area contributed by atoms with Gasteiger partial charge in [0.1, 0.15) is 22.8 Å². The van der Waals surface area contributed by atoms with Crippen LogP contribution in [0, 0.1) is 0 Å². The molecule has 3 aromatic heterocycles. The molecule has 9 nitrogen and oxygen atoms in total. The number of hydrogen-bond donors (Lipinski definition) is 2. The number of nitrogens with zero attached hydrogens (tertiary/aromatic N) is 5.